The van der Waals surface area contributed by atoms with Gasteiger partial charge in [-0.1, -0.05) is 6.42 Å². The second kappa shape index (κ2) is 5.69. The summed E-state index contributed by atoms with van der Waals surface area (Å²) in [5.41, 5.74) is 0. The van der Waals surface area contributed by atoms with Crippen LogP contribution in [0.3, 0.4) is 0 Å². The lowest BCUT2D eigenvalue weighted by molar-refractivity contribution is 0.134. The molecule has 3 unspecified atom stereocenters. The minimum atomic E-state index is -0.260. The van der Waals surface area contributed by atoms with E-state index < -0.39 is 0 Å². The zero-order chi connectivity index (χ0) is 10.6. The van der Waals surface area contributed by atoms with Gasteiger partial charge in [-0.2, -0.15) is 0 Å². The summed E-state index contributed by atoms with van der Waals surface area (Å²) < 4.78 is 0. The van der Waals surface area contributed by atoms with Crippen LogP contribution >= 0.6 is 0 Å². The number of likely N-dealkylation sites (N-methyl/N-ethyl adjacent to an activating group) is 1. The SMILES string of the molecule is CC(O)C(C)NCC1CCCCN1C. The minimum absolute atomic E-state index is 0.199. The van der Waals surface area contributed by atoms with Crippen LogP contribution in [0, 0.1) is 0 Å². The van der Waals surface area contributed by atoms with Crippen molar-refractivity contribution in [3.63, 3.8) is 0 Å². The van der Waals surface area contributed by atoms with E-state index in [9.17, 15) is 5.11 Å². The van der Waals surface area contributed by atoms with Crippen LogP contribution in [0.25, 0.3) is 0 Å². The predicted octanol–water partition coefficient (Wildman–Crippen LogP) is 0.830. The van der Waals surface area contributed by atoms with Gasteiger partial charge in [-0.3, -0.25) is 0 Å². The summed E-state index contributed by atoms with van der Waals surface area (Å²) in [6, 6.07) is 0.857. The topological polar surface area (TPSA) is 35.5 Å². The first-order chi connectivity index (χ1) is 6.61. The number of rotatable bonds is 4. The molecule has 1 heterocycles. The van der Waals surface area contributed by atoms with E-state index in [1.54, 1.807) is 0 Å². The molecule has 14 heavy (non-hydrogen) atoms. The van der Waals surface area contributed by atoms with Crippen molar-refractivity contribution in [3.8, 4) is 0 Å². The van der Waals surface area contributed by atoms with Gasteiger partial charge in [0.05, 0.1) is 6.10 Å². The lowest BCUT2D eigenvalue weighted by atomic mass is 10.0. The molecule has 3 atom stereocenters. The fourth-order valence-corrected chi connectivity index (χ4v) is 1.89. The van der Waals surface area contributed by atoms with Gasteiger partial charge in [0.25, 0.3) is 0 Å². The van der Waals surface area contributed by atoms with Crippen molar-refractivity contribution in [2.45, 2.75) is 51.3 Å². The van der Waals surface area contributed by atoms with Crippen LogP contribution in [0.2, 0.25) is 0 Å². The van der Waals surface area contributed by atoms with Gasteiger partial charge in [0.2, 0.25) is 0 Å². The molecular weight excluding hydrogens is 176 g/mol. The normalized spacial score (nSPS) is 28.7. The van der Waals surface area contributed by atoms with Crippen LogP contribution in [0.4, 0.5) is 0 Å². The molecule has 0 aromatic heterocycles. The molecule has 0 aliphatic carbocycles. The van der Waals surface area contributed by atoms with Crippen molar-refractivity contribution < 1.29 is 5.11 Å². The molecule has 0 bridgehead atoms. The van der Waals surface area contributed by atoms with Gasteiger partial charge in [0, 0.05) is 18.6 Å². The Morgan fingerprint density at radius 2 is 2.14 bits per heavy atom. The summed E-state index contributed by atoms with van der Waals surface area (Å²) in [6.07, 6.45) is 3.71. The molecule has 0 radical (unpaired) electrons. The summed E-state index contributed by atoms with van der Waals surface area (Å²) in [5, 5.41) is 12.7. The third kappa shape index (κ3) is 3.56. The molecule has 0 aromatic carbocycles. The fourth-order valence-electron chi connectivity index (χ4n) is 1.89. The molecule has 0 aromatic rings. The van der Waals surface area contributed by atoms with Crippen molar-refractivity contribution in [2.75, 3.05) is 20.1 Å². The predicted molar refractivity (Wildman–Crippen MR) is 59.4 cm³/mol. The Bertz CT molecular complexity index is 161. The zero-order valence-electron chi connectivity index (χ0n) is 9.66. The lowest BCUT2D eigenvalue weighted by Crippen LogP contribution is -2.47. The Morgan fingerprint density at radius 3 is 2.71 bits per heavy atom. The molecule has 0 amide bonds. The number of likely N-dealkylation sites (tertiary alicyclic amines) is 1. The van der Waals surface area contributed by atoms with Crippen LogP contribution in [-0.4, -0.2) is 48.3 Å². The summed E-state index contributed by atoms with van der Waals surface area (Å²) in [7, 11) is 2.19. The van der Waals surface area contributed by atoms with E-state index in [0.29, 0.717) is 6.04 Å². The van der Waals surface area contributed by atoms with Crippen LogP contribution < -0.4 is 5.32 Å². The number of aliphatic hydroxyl groups is 1. The second-order valence-electron chi connectivity index (χ2n) is 4.57. The molecule has 1 rings (SSSR count). The second-order valence-corrected chi connectivity index (χ2v) is 4.57. The van der Waals surface area contributed by atoms with Crippen LogP contribution in [0.5, 0.6) is 0 Å². The minimum Gasteiger partial charge on any atom is -0.392 e. The van der Waals surface area contributed by atoms with Crippen molar-refractivity contribution in [3.05, 3.63) is 0 Å². The maximum absolute atomic E-state index is 9.34. The van der Waals surface area contributed by atoms with Crippen molar-refractivity contribution >= 4 is 0 Å². The average Bonchev–Trinajstić information content (AvgIpc) is 2.16. The maximum Gasteiger partial charge on any atom is 0.0662 e. The highest BCUT2D eigenvalue weighted by Gasteiger charge is 2.19. The first kappa shape index (κ1) is 12.0. The van der Waals surface area contributed by atoms with E-state index in [0.717, 1.165) is 6.54 Å². The van der Waals surface area contributed by atoms with Gasteiger partial charge in [-0.15, -0.1) is 0 Å². The first-order valence-corrected chi connectivity index (χ1v) is 5.73. The molecule has 1 fully saturated rings. The quantitative estimate of drug-likeness (QED) is 0.705. The van der Waals surface area contributed by atoms with Crippen LogP contribution in [0.1, 0.15) is 33.1 Å². The van der Waals surface area contributed by atoms with Crippen LogP contribution in [0.15, 0.2) is 0 Å². The molecule has 84 valence electrons. The van der Waals surface area contributed by atoms with Gasteiger partial charge >= 0.3 is 0 Å². The smallest absolute Gasteiger partial charge is 0.0662 e. The van der Waals surface area contributed by atoms with E-state index in [2.05, 4.69) is 17.3 Å². The Hall–Kier alpha value is -0.120. The van der Waals surface area contributed by atoms with Crippen LogP contribution in [-0.2, 0) is 0 Å². The molecule has 1 aliphatic heterocycles. The number of piperidine rings is 1. The first-order valence-electron chi connectivity index (χ1n) is 5.73. The molecule has 1 saturated heterocycles. The van der Waals surface area contributed by atoms with E-state index in [1.807, 2.05) is 13.8 Å². The van der Waals surface area contributed by atoms with Crippen molar-refractivity contribution in [2.24, 2.45) is 0 Å². The Morgan fingerprint density at radius 1 is 1.43 bits per heavy atom. The van der Waals surface area contributed by atoms with E-state index in [1.165, 1.54) is 25.8 Å². The van der Waals surface area contributed by atoms with E-state index in [-0.39, 0.29) is 12.1 Å². The number of hydrogen-bond acceptors (Lipinski definition) is 3. The van der Waals surface area contributed by atoms with Gasteiger partial charge in [0.1, 0.15) is 0 Å². The Labute approximate surface area is 87.5 Å². The maximum atomic E-state index is 9.34. The fraction of sp³-hybridized carbons (Fsp3) is 1.00. The molecule has 2 N–H and O–H groups in total. The highest BCUT2D eigenvalue weighted by molar-refractivity contribution is 4.78. The number of aliphatic hydroxyl groups excluding tert-OH is 1. The lowest BCUT2D eigenvalue weighted by Gasteiger charge is -2.33. The molecular formula is C11H24N2O. The van der Waals surface area contributed by atoms with Gasteiger partial charge < -0.3 is 15.3 Å². The van der Waals surface area contributed by atoms with E-state index >= 15 is 0 Å². The zero-order valence-corrected chi connectivity index (χ0v) is 9.66. The summed E-state index contributed by atoms with van der Waals surface area (Å²) in [5.74, 6) is 0. The molecule has 0 spiro atoms. The Kier molecular flexibility index (Phi) is 4.85. The summed E-state index contributed by atoms with van der Waals surface area (Å²) in [4.78, 5) is 2.42. The number of nitrogens with zero attached hydrogens (tertiary/aromatic N) is 1. The standard InChI is InChI=1S/C11H24N2O/c1-9(10(2)14)12-8-11-6-4-5-7-13(11)3/h9-12,14H,4-8H2,1-3H3. The third-order valence-electron chi connectivity index (χ3n) is 3.32. The number of hydrogen-bond donors (Lipinski definition) is 2. The monoisotopic (exact) mass is 200 g/mol. The van der Waals surface area contributed by atoms with E-state index in [4.69, 9.17) is 0 Å². The molecule has 0 saturated carbocycles. The van der Waals surface area contributed by atoms with Crippen molar-refractivity contribution in [1.29, 1.82) is 0 Å². The highest BCUT2D eigenvalue weighted by atomic mass is 16.3. The molecule has 1 aliphatic rings. The molecule has 3 heteroatoms. The number of nitrogens with one attached hydrogen (secondary N) is 1. The summed E-state index contributed by atoms with van der Waals surface area (Å²) in [6.45, 7) is 6.09. The van der Waals surface area contributed by atoms with Gasteiger partial charge in [0.15, 0.2) is 0 Å². The highest BCUT2D eigenvalue weighted by Crippen LogP contribution is 2.14. The molecule has 3 nitrogen and oxygen atoms in total. The van der Waals surface area contributed by atoms with Gasteiger partial charge in [-0.25, -0.2) is 0 Å². The average molecular weight is 200 g/mol. The largest absolute Gasteiger partial charge is 0.392 e. The van der Waals surface area contributed by atoms with Crippen molar-refractivity contribution in [1.82, 2.24) is 10.2 Å². The summed E-state index contributed by atoms with van der Waals surface area (Å²) >= 11 is 0. The third-order valence-corrected chi connectivity index (χ3v) is 3.32. The Balaban J connectivity index is 2.22. The van der Waals surface area contributed by atoms with Gasteiger partial charge in [-0.05, 0) is 40.3 Å².